The average molecular weight is 528 g/mol. The van der Waals surface area contributed by atoms with Crippen LogP contribution in [0.1, 0.15) is 16.8 Å². The van der Waals surface area contributed by atoms with E-state index < -0.39 is 84.9 Å². The Labute approximate surface area is 195 Å². The first kappa shape index (κ1) is 27.5. The van der Waals surface area contributed by atoms with Crippen LogP contribution in [0.25, 0.3) is 0 Å². The van der Waals surface area contributed by atoms with Gasteiger partial charge in [0.15, 0.2) is 0 Å². The fraction of sp³-hybridized carbons (Fsp3) is 0.300. The molecule has 0 spiro atoms. The summed E-state index contributed by atoms with van der Waals surface area (Å²) < 4.78 is 103. The predicted molar refractivity (Wildman–Crippen MR) is 114 cm³/mol. The van der Waals surface area contributed by atoms with Crippen LogP contribution in [0.3, 0.4) is 0 Å². The molecule has 34 heavy (non-hydrogen) atoms. The molecule has 0 aliphatic heterocycles. The number of imide groups is 1. The number of nitrogens with zero attached hydrogens (tertiary/aromatic N) is 2. The lowest BCUT2D eigenvalue weighted by atomic mass is 10.1. The Hall–Kier alpha value is -2.74. The summed E-state index contributed by atoms with van der Waals surface area (Å²) >= 11 is -0.594. The molecule has 0 atom stereocenters. The molecule has 0 saturated carbocycles. The minimum Gasteiger partial charge on any atom is -0.291 e. The summed E-state index contributed by atoms with van der Waals surface area (Å²) in [6, 6.07) is 3.54. The van der Waals surface area contributed by atoms with Crippen LogP contribution in [0.5, 0.6) is 0 Å². The number of carbonyl (C=O) groups excluding carboxylic acids is 2. The van der Waals surface area contributed by atoms with Crippen molar-refractivity contribution in [3.63, 3.8) is 0 Å². The van der Waals surface area contributed by atoms with E-state index in [1.165, 1.54) is 0 Å². The van der Waals surface area contributed by atoms with Crippen molar-refractivity contribution in [2.24, 2.45) is 0 Å². The van der Waals surface area contributed by atoms with Crippen molar-refractivity contribution in [2.75, 3.05) is 30.5 Å². The zero-order valence-electron chi connectivity index (χ0n) is 17.7. The second kappa shape index (κ2) is 10.7. The minimum atomic E-state index is -4.70. The number of urea groups is 1. The highest BCUT2D eigenvalue weighted by Crippen LogP contribution is 2.38. The highest BCUT2D eigenvalue weighted by atomic mass is 32.2. The van der Waals surface area contributed by atoms with Gasteiger partial charge in [-0.1, -0.05) is 6.07 Å². The van der Waals surface area contributed by atoms with Crippen LogP contribution in [-0.4, -0.2) is 56.4 Å². The molecule has 2 aromatic carbocycles. The number of alkyl halides is 3. The van der Waals surface area contributed by atoms with E-state index in [9.17, 15) is 44.3 Å². The molecular weight excluding hydrogens is 510 g/mol. The molecule has 0 fully saturated rings. The maximum absolute atomic E-state index is 14.7. The summed E-state index contributed by atoms with van der Waals surface area (Å²) in [6.45, 7) is -0.466. The first-order valence-corrected chi connectivity index (χ1v) is 12.2. The number of hydrogen-bond donors (Lipinski definition) is 0. The molecule has 0 bridgehead atoms. The molecule has 0 radical (unpaired) electrons. The van der Waals surface area contributed by atoms with Crippen molar-refractivity contribution in [1.29, 1.82) is 0 Å². The number of halogens is 6. The first-order chi connectivity index (χ1) is 15.6. The van der Waals surface area contributed by atoms with Crippen LogP contribution >= 0.6 is 11.8 Å². The van der Waals surface area contributed by atoms with Crippen molar-refractivity contribution in [3.8, 4) is 0 Å². The summed E-state index contributed by atoms with van der Waals surface area (Å²) in [7, 11) is -2.63. The molecule has 0 N–H and O–H groups in total. The molecule has 0 aromatic heterocycles. The second-order valence-electron chi connectivity index (χ2n) is 7.04. The van der Waals surface area contributed by atoms with E-state index in [1.807, 2.05) is 0 Å². The average Bonchev–Trinajstić information content (AvgIpc) is 2.68. The molecule has 14 heteroatoms. The SMILES string of the molecule is CN(C(=O)c1c(F)cccc1F)C(=O)N(CCCS(C)(=O)=O)c1ccc(SC(F)(F)F)cc1F. The number of rotatable bonds is 7. The van der Waals surface area contributed by atoms with E-state index in [0.29, 0.717) is 15.9 Å². The van der Waals surface area contributed by atoms with Crippen molar-refractivity contribution in [2.45, 2.75) is 16.8 Å². The predicted octanol–water partition coefficient (Wildman–Crippen LogP) is 4.85. The van der Waals surface area contributed by atoms with Gasteiger partial charge >= 0.3 is 11.5 Å². The van der Waals surface area contributed by atoms with Crippen LogP contribution in [0.4, 0.5) is 36.8 Å². The zero-order valence-corrected chi connectivity index (χ0v) is 19.3. The third-order valence-corrected chi connectivity index (χ3v) is 6.09. The monoisotopic (exact) mass is 528 g/mol. The molecule has 0 aliphatic carbocycles. The Morgan fingerprint density at radius 1 is 1.00 bits per heavy atom. The van der Waals surface area contributed by atoms with Crippen LogP contribution in [-0.2, 0) is 9.84 Å². The second-order valence-corrected chi connectivity index (χ2v) is 10.4. The molecule has 0 aliphatic rings. The zero-order chi connectivity index (χ0) is 25.8. The Morgan fingerprint density at radius 2 is 1.59 bits per heavy atom. The lowest BCUT2D eigenvalue weighted by Crippen LogP contribution is -2.45. The fourth-order valence-electron chi connectivity index (χ4n) is 2.85. The van der Waals surface area contributed by atoms with Crippen molar-refractivity contribution < 1.29 is 44.3 Å². The van der Waals surface area contributed by atoms with Gasteiger partial charge in [-0.3, -0.25) is 14.6 Å². The maximum Gasteiger partial charge on any atom is 0.446 e. The summed E-state index contributed by atoms with van der Waals surface area (Å²) in [5.74, 6) is -5.61. The third-order valence-electron chi connectivity index (χ3n) is 4.34. The van der Waals surface area contributed by atoms with E-state index in [4.69, 9.17) is 0 Å². The van der Waals surface area contributed by atoms with E-state index in [1.54, 1.807) is 0 Å². The van der Waals surface area contributed by atoms with E-state index >= 15 is 0 Å². The van der Waals surface area contributed by atoms with E-state index in [-0.39, 0.29) is 6.42 Å². The largest absolute Gasteiger partial charge is 0.446 e. The number of amides is 3. The Morgan fingerprint density at radius 3 is 2.09 bits per heavy atom. The van der Waals surface area contributed by atoms with Gasteiger partial charge in [0.05, 0.1) is 11.4 Å². The molecule has 2 rings (SSSR count). The maximum atomic E-state index is 14.7. The highest BCUT2D eigenvalue weighted by Gasteiger charge is 2.32. The van der Waals surface area contributed by atoms with E-state index in [0.717, 1.165) is 43.6 Å². The van der Waals surface area contributed by atoms with Gasteiger partial charge in [0.25, 0.3) is 5.91 Å². The number of hydrogen-bond acceptors (Lipinski definition) is 5. The first-order valence-electron chi connectivity index (χ1n) is 9.37. The van der Waals surface area contributed by atoms with Gasteiger partial charge in [-0.2, -0.15) is 13.2 Å². The molecule has 2 aromatic rings. The van der Waals surface area contributed by atoms with Gasteiger partial charge in [-0.25, -0.2) is 26.4 Å². The number of sulfone groups is 1. The molecule has 3 amide bonds. The molecular formula is C20H18F6N2O4S2. The van der Waals surface area contributed by atoms with Crippen LogP contribution in [0.2, 0.25) is 0 Å². The van der Waals surface area contributed by atoms with Gasteiger partial charge in [0, 0.05) is 24.7 Å². The molecule has 0 heterocycles. The summed E-state index contributed by atoms with van der Waals surface area (Å²) in [4.78, 5) is 25.9. The van der Waals surface area contributed by atoms with Gasteiger partial charge < -0.3 is 0 Å². The number of benzene rings is 2. The molecule has 0 unspecified atom stereocenters. The van der Waals surface area contributed by atoms with Crippen LogP contribution in [0.15, 0.2) is 41.3 Å². The number of thioether (sulfide) groups is 1. The Bertz CT molecular complexity index is 1170. The van der Waals surface area contributed by atoms with Gasteiger partial charge in [0.2, 0.25) is 0 Å². The van der Waals surface area contributed by atoms with Crippen molar-refractivity contribution in [1.82, 2.24) is 4.90 Å². The van der Waals surface area contributed by atoms with Crippen molar-refractivity contribution in [3.05, 3.63) is 59.4 Å². The fourth-order valence-corrected chi connectivity index (χ4v) is 4.06. The lowest BCUT2D eigenvalue weighted by Gasteiger charge is -2.28. The third kappa shape index (κ3) is 7.38. The lowest BCUT2D eigenvalue weighted by molar-refractivity contribution is -0.0328. The van der Waals surface area contributed by atoms with Gasteiger partial charge in [0.1, 0.15) is 32.9 Å². The summed E-state index contributed by atoms with van der Waals surface area (Å²) in [5, 5.41) is 0. The molecule has 6 nitrogen and oxygen atoms in total. The van der Waals surface area contributed by atoms with Gasteiger partial charge in [-0.05, 0) is 48.5 Å². The number of anilines is 1. The summed E-state index contributed by atoms with van der Waals surface area (Å²) in [5.41, 5.74) is -6.30. The minimum absolute atomic E-state index is 0.223. The van der Waals surface area contributed by atoms with Crippen LogP contribution in [0, 0.1) is 17.5 Å². The smallest absolute Gasteiger partial charge is 0.291 e. The Kier molecular flexibility index (Phi) is 8.64. The topological polar surface area (TPSA) is 74.8 Å². The quantitative estimate of drug-likeness (QED) is 0.380. The normalized spacial score (nSPS) is 11.9. The molecule has 186 valence electrons. The van der Waals surface area contributed by atoms with Gasteiger partial charge in [-0.15, -0.1) is 0 Å². The highest BCUT2D eigenvalue weighted by molar-refractivity contribution is 8.00. The van der Waals surface area contributed by atoms with E-state index in [2.05, 4.69) is 0 Å². The van der Waals surface area contributed by atoms with Crippen molar-refractivity contribution >= 4 is 39.2 Å². The molecule has 0 saturated heterocycles. The standard InChI is InChI=1S/C20H18F6N2O4S2/c1-27(18(29)17-13(21)5-3-6-14(17)22)19(30)28(9-4-10-34(2,31)32)16-8-7-12(11-15(16)23)33-20(24,25)26/h3,5-8,11H,4,9-10H2,1-2H3. The number of carbonyl (C=O) groups is 2. The Balaban J connectivity index is 2.41. The summed E-state index contributed by atoms with van der Waals surface area (Å²) in [6.07, 6.45) is 0.693. The van der Waals surface area contributed by atoms with Crippen LogP contribution < -0.4 is 4.90 Å².